The summed E-state index contributed by atoms with van der Waals surface area (Å²) in [5.74, 6) is 0.878. The first-order chi connectivity index (χ1) is 15.1. The van der Waals surface area contributed by atoms with Crippen LogP contribution in [-0.4, -0.2) is 61.9 Å². The van der Waals surface area contributed by atoms with E-state index in [0.717, 1.165) is 51.2 Å². The van der Waals surface area contributed by atoms with Crippen molar-refractivity contribution < 1.29 is 9.47 Å². The molecule has 0 saturated carbocycles. The van der Waals surface area contributed by atoms with Crippen LogP contribution in [0.4, 0.5) is 5.69 Å². The molecule has 0 spiro atoms. The maximum atomic E-state index is 5.78. The Balaban J connectivity index is 1.73. The Hall–Kier alpha value is -2.15. The van der Waals surface area contributed by atoms with E-state index < -0.39 is 0 Å². The second-order valence-electron chi connectivity index (χ2n) is 8.46. The van der Waals surface area contributed by atoms with Gasteiger partial charge in [0.25, 0.3) is 0 Å². The zero-order chi connectivity index (χ0) is 22.1. The molecule has 0 radical (unpaired) electrons. The van der Waals surface area contributed by atoms with Gasteiger partial charge in [-0.25, -0.2) is 0 Å². The van der Waals surface area contributed by atoms with Gasteiger partial charge in [0.05, 0.1) is 6.61 Å². The van der Waals surface area contributed by atoms with E-state index in [0.29, 0.717) is 25.3 Å². The van der Waals surface area contributed by atoms with Crippen molar-refractivity contribution in [1.29, 1.82) is 0 Å². The van der Waals surface area contributed by atoms with Gasteiger partial charge >= 0.3 is 0 Å². The van der Waals surface area contributed by atoms with Crippen molar-refractivity contribution in [3.63, 3.8) is 0 Å². The lowest BCUT2D eigenvalue weighted by Crippen LogP contribution is -2.47. The number of aryl methyl sites for hydroxylation is 1. The molecule has 1 fully saturated rings. The van der Waals surface area contributed by atoms with Crippen LogP contribution in [-0.2, 0) is 11.3 Å². The number of anilines is 1. The van der Waals surface area contributed by atoms with E-state index in [2.05, 4.69) is 59.0 Å². The first kappa shape index (κ1) is 23.5. The summed E-state index contributed by atoms with van der Waals surface area (Å²) in [5, 5.41) is 0. The van der Waals surface area contributed by atoms with Gasteiger partial charge in [-0.2, -0.15) is 0 Å². The van der Waals surface area contributed by atoms with Gasteiger partial charge in [0.1, 0.15) is 12.4 Å². The number of benzene rings is 1. The van der Waals surface area contributed by atoms with Crippen LogP contribution in [0.5, 0.6) is 5.75 Å². The third kappa shape index (κ3) is 6.66. The maximum absolute atomic E-state index is 5.78. The first-order valence-electron chi connectivity index (χ1n) is 11.4. The van der Waals surface area contributed by atoms with Crippen molar-refractivity contribution in [1.82, 2.24) is 9.88 Å². The van der Waals surface area contributed by atoms with Crippen LogP contribution in [0.25, 0.3) is 0 Å². The Kier molecular flexibility index (Phi) is 9.13. The van der Waals surface area contributed by atoms with Crippen LogP contribution >= 0.6 is 0 Å². The van der Waals surface area contributed by atoms with Crippen LogP contribution in [0.2, 0.25) is 0 Å². The fraction of sp³-hybridized carbons (Fsp3) is 0.560. The Bertz CT molecular complexity index is 775. The van der Waals surface area contributed by atoms with E-state index in [9.17, 15) is 0 Å². The Morgan fingerprint density at radius 1 is 1.16 bits per heavy atom. The van der Waals surface area contributed by atoms with E-state index in [4.69, 9.17) is 15.2 Å². The van der Waals surface area contributed by atoms with Crippen LogP contribution < -0.4 is 15.4 Å². The number of rotatable bonds is 11. The van der Waals surface area contributed by atoms with Crippen molar-refractivity contribution in [3.05, 3.63) is 53.9 Å². The Morgan fingerprint density at radius 2 is 1.90 bits per heavy atom. The average Bonchev–Trinajstić information content (AvgIpc) is 2.80. The molecule has 3 rings (SSSR count). The lowest BCUT2D eigenvalue weighted by atomic mass is 9.99. The summed E-state index contributed by atoms with van der Waals surface area (Å²) in [4.78, 5) is 9.51. The molecule has 2 aromatic rings. The average molecular weight is 427 g/mol. The summed E-state index contributed by atoms with van der Waals surface area (Å²) >= 11 is 0. The van der Waals surface area contributed by atoms with E-state index in [1.54, 1.807) is 7.11 Å². The minimum atomic E-state index is 0.501. The zero-order valence-corrected chi connectivity index (χ0v) is 19.3. The molecule has 0 aliphatic carbocycles. The van der Waals surface area contributed by atoms with Crippen molar-refractivity contribution in [2.75, 3.05) is 44.9 Å². The zero-order valence-electron chi connectivity index (χ0n) is 19.3. The van der Waals surface area contributed by atoms with Crippen LogP contribution in [0.3, 0.4) is 0 Å². The molecule has 170 valence electrons. The van der Waals surface area contributed by atoms with Gasteiger partial charge in [0.15, 0.2) is 0 Å². The SMILES string of the molecule is COCCOc1ccc(N(Cc2cnccc2C)C2CCN(C(C)CCN)CC2)cc1. The van der Waals surface area contributed by atoms with E-state index in [1.807, 2.05) is 12.4 Å². The summed E-state index contributed by atoms with van der Waals surface area (Å²) in [6.07, 6.45) is 7.24. The number of aromatic nitrogens is 1. The van der Waals surface area contributed by atoms with Crippen molar-refractivity contribution in [3.8, 4) is 5.75 Å². The number of ether oxygens (including phenoxy) is 2. The third-order valence-corrected chi connectivity index (χ3v) is 6.36. The second-order valence-corrected chi connectivity index (χ2v) is 8.46. The van der Waals surface area contributed by atoms with Crippen LogP contribution in [0, 0.1) is 6.92 Å². The highest BCUT2D eigenvalue weighted by molar-refractivity contribution is 5.51. The van der Waals surface area contributed by atoms with Gasteiger partial charge in [-0.1, -0.05) is 0 Å². The Labute approximate surface area is 187 Å². The summed E-state index contributed by atoms with van der Waals surface area (Å²) in [5.41, 5.74) is 9.58. The van der Waals surface area contributed by atoms with Crippen molar-refractivity contribution in [2.24, 2.45) is 5.73 Å². The molecular formula is C25H38N4O2. The molecule has 1 aliphatic rings. The number of likely N-dealkylation sites (tertiary alicyclic amines) is 1. The molecule has 1 unspecified atom stereocenters. The molecular weight excluding hydrogens is 388 g/mol. The monoisotopic (exact) mass is 426 g/mol. The topological polar surface area (TPSA) is 63.9 Å². The van der Waals surface area contributed by atoms with E-state index in [-0.39, 0.29) is 0 Å². The standard InChI is InChI=1S/C25H38N4O2/c1-20-9-13-27-18-22(20)19-29(23-4-6-25(7-5-23)31-17-16-30-3)24-10-14-28(15-11-24)21(2)8-12-26/h4-7,9,13,18,21,24H,8,10-12,14-17,19,26H2,1-3H3. The molecule has 31 heavy (non-hydrogen) atoms. The summed E-state index contributed by atoms with van der Waals surface area (Å²) in [7, 11) is 1.69. The van der Waals surface area contributed by atoms with Gasteiger partial charge in [-0.05, 0) is 81.1 Å². The number of nitrogens with two attached hydrogens (primary N) is 1. The number of hydrogen-bond acceptors (Lipinski definition) is 6. The largest absolute Gasteiger partial charge is 0.491 e. The minimum Gasteiger partial charge on any atom is -0.491 e. The molecule has 0 amide bonds. The quantitative estimate of drug-likeness (QED) is 0.554. The molecule has 6 heteroatoms. The first-order valence-corrected chi connectivity index (χ1v) is 11.4. The molecule has 1 saturated heterocycles. The highest BCUT2D eigenvalue weighted by Crippen LogP contribution is 2.29. The number of methoxy groups -OCH3 is 1. The summed E-state index contributed by atoms with van der Waals surface area (Å²) < 4.78 is 10.8. The van der Waals surface area contributed by atoms with Crippen molar-refractivity contribution in [2.45, 2.75) is 51.7 Å². The molecule has 6 nitrogen and oxygen atoms in total. The van der Waals surface area contributed by atoms with E-state index in [1.165, 1.54) is 16.8 Å². The minimum absolute atomic E-state index is 0.501. The molecule has 2 heterocycles. The molecule has 1 atom stereocenters. The Morgan fingerprint density at radius 3 is 2.55 bits per heavy atom. The summed E-state index contributed by atoms with van der Waals surface area (Å²) in [6.45, 7) is 9.48. The van der Waals surface area contributed by atoms with Gasteiger partial charge in [-0.15, -0.1) is 0 Å². The predicted molar refractivity (Wildman–Crippen MR) is 127 cm³/mol. The van der Waals surface area contributed by atoms with Gasteiger partial charge in [0, 0.05) is 56.9 Å². The van der Waals surface area contributed by atoms with Gasteiger partial charge in [-0.3, -0.25) is 4.98 Å². The molecule has 2 N–H and O–H groups in total. The fourth-order valence-corrected chi connectivity index (χ4v) is 4.32. The highest BCUT2D eigenvalue weighted by atomic mass is 16.5. The van der Waals surface area contributed by atoms with Crippen LogP contribution in [0.1, 0.15) is 37.3 Å². The van der Waals surface area contributed by atoms with Crippen LogP contribution in [0.15, 0.2) is 42.7 Å². The summed E-state index contributed by atoms with van der Waals surface area (Å²) in [6, 6.07) is 11.6. The third-order valence-electron chi connectivity index (χ3n) is 6.36. The normalized spacial score (nSPS) is 16.3. The lowest BCUT2D eigenvalue weighted by Gasteiger charge is -2.42. The lowest BCUT2D eigenvalue weighted by molar-refractivity contribution is 0.146. The van der Waals surface area contributed by atoms with Gasteiger partial charge < -0.3 is 25.0 Å². The fourth-order valence-electron chi connectivity index (χ4n) is 4.32. The number of hydrogen-bond donors (Lipinski definition) is 1. The second kappa shape index (κ2) is 12.0. The van der Waals surface area contributed by atoms with Crippen molar-refractivity contribution >= 4 is 5.69 Å². The number of piperidine rings is 1. The smallest absolute Gasteiger partial charge is 0.119 e. The molecule has 1 aromatic carbocycles. The highest BCUT2D eigenvalue weighted by Gasteiger charge is 2.27. The molecule has 0 bridgehead atoms. The number of pyridine rings is 1. The van der Waals surface area contributed by atoms with Gasteiger partial charge in [0.2, 0.25) is 0 Å². The number of nitrogens with zero attached hydrogens (tertiary/aromatic N) is 3. The molecule has 1 aliphatic heterocycles. The maximum Gasteiger partial charge on any atom is 0.119 e. The predicted octanol–water partition coefficient (Wildman–Crippen LogP) is 3.62. The molecule has 1 aromatic heterocycles. The van der Waals surface area contributed by atoms with E-state index >= 15 is 0 Å².